The molecule has 0 saturated carbocycles. The minimum atomic E-state index is -4.20. The Bertz CT molecular complexity index is 1290. The average Bonchev–Trinajstić information content (AvgIpc) is 3.22. The Morgan fingerprint density at radius 1 is 1.05 bits per heavy atom. The van der Waals surface area contributed by atoms with Crippen LogP contribution in [0.1, 0.15) is 58.1 Å². The number of aryl methyl sites for hydroxylation is 1. The molecule has 3 rings (SSSR count). The van der Waals surface area contributed by atoms with Gasteiger partial charge in [0.25, 0.3) is 10.0 Å². The van der Waals surface area contributed by atoms with Gasteiger partial charge in [0.2, 0.25) is 0 Å². The fourth-order valence-corrected chi connectivity index (χ4v) is 5.60. The van der Waals surface area contributed by atoms with Gasteiger partial charge in [-0.05, 0) is 55.9 Å². The standard InChI is InChI=1S/C27H38N4O5S/c1-7-35-17-22(14-18(2)3)31(27(32)36-16-19(4)5)37(33,34)23-10-8-21(9-11-23)15-25-26-24(12-13-28-25)29-20(6)30-26/h8-13,18-19,22H,7,14-17H2,1-6H3,(H,29,30)/t22-/m0/s1. The third kappa shape index (κ3) is 7.29. The minimum absolute atomic E-state index is 0.0200. The van der Waals surface area contributed by atoms with Gasteiger partial charge in [-0.15, -0.1) is 0 Å². The minimum Gasteiger partial charge on any atom is -0.448 e. The molecule has 9 nitrogen and oxygen atoms in total. The molecule has 0 aliphatic rings. The van der Waals surface area contributed by atoms with E-state index in [1.54, 1.807) is 18.3 Å². The summed E-state index contributed by atoms with van der Waals surface area (Å²) in [6, 6.07) is 7.70. The fraction of sp³-hybridized carbons (Fsp3) is 0.519. The highest BCUT2D eigenvalue weighted by atomic mass is 32.2. The molecule has 0 spiro atoms. The number of aromatic amines is 1. The lowest BCUT2D eigenvalue weighted by Gasteiger charge is -2.31. The average molecular weight is 531 g/mol. The first kappa shape index (κ1) is 28.6. The van der Waals surface area contributed by atoms with Crippen LogP contribution < -0.4 is 0 Å². The normalized spacial score (nSPS) is 12.9. The highest BCUT2D eigenvalue weighted by molar-refractivity contribution is 7.89. The van der Waals surface area contributed by atoms with E-state index in [0.29, 0.717) is 19.4 Å². The molecule has 2 aromatic heterocycles. The van der Waals surface area contributed by atoms with Gasteiger partial charge in [-0.2, -0.15) is 4.31 Å². The number of H-pyrrole nitrogens is 1. The largest absolute Gasteiger partial charge is 0.448 e. The van der Waals surface area contributed by atoms with Crippen LogP contribution in [0.2, 0.25) is 0 Å². The van der Waals surface area contributed by atoms with Crippen LogP contribution in [0.4, 0.5) is 4.79 Å². The van der Waals surface area contributed by atoms with Crippen LogP contribution in [-0.2, 0) is 25.9 Å². The molecule has 0 aliphatic heterocycles. The van der Waals surface area contributed by atoms with Crippen LogP contribution in [0, 0.1) is 18.8 Å². The van der Waals surface area contributed by atoms with E-state index in [9.17, 15) is 13.2 Å². The molecule has 0 aliphatic carbocycles. The highest BCUT2D eigenvalue weighted by Crippen LogP contribution is 2.25. The van der Waals surface area contributed by atoms with Crippen molar-refractivity contribution in [1.29, 1.82) is 0 Å². The molecule has 10 heteroatoms. The number of rotatable bonds is 12. The number of fused-ring (bicyclic) bond motifs is 1. The smallest absolute Gasteiger partial charge is 0.424 e. The number of ether oxygens (including phenoxy) is 2. The number of amides is 1. The summed E-state index contributed by atoms with van der Waals surface area (Å²) in [6.07, 6.45) is 1.78. The van der Waals surface area contributed by atoms with Crippen molar-refractivity contribution in [2.45, 2.75) is 65.3 Å². The van der Waals surface area contributed by atoms with E-state index in [0.717, 1.165) is 32.4 Å². The zero-order chi connectivity index (χ0) is 27.2. The lowest BCUT2D eigenvalue weighted by Crippen LogP contribution is -2.48. The molecule has 1 aromatic carbocycles. The Morgan fingerprint density at radius 3 is 2.38 bits per heavy atom. The molecule has 0 unspecified atom stereocenters. The lowest BCUT2D eigenvalue weighted by atomic mass is 10.0. The van der Waals surface area contributed by atoms with Crippen LogP contribution in [0.5, 0.6) is 0 Å². The van der Waals surface area contributed by atoms with Gasteiger partial charge in [0.1, 0.15) is 5.82 Å². The molecule has 3 aromatic rings. The third-order valence-corrected chi connectivity index (χ3v) is 7.60. The molecule has 1 N–H and O–H groups in total. The van der Waals surface area contributed by atoms with Crippen LogP contribution in [0.15, 0.2) is 41.4 Å². The molecule has 1 atom stereocenters. The van der Waals surface area contributed by atoms with Gasteiger partial charge in [0.05, 0.1) is 40.9 Å². The van der Waals surface area contributed by atoms with Crippen LogP contribution in [0.25, 0.3) is 11.0 Å². The van der Waals surface area contributed by atoms with Gasteiger partial charge in [-0.1, -0.05) is 39.8 Å². The Kier molecular flexibility index (Phi) is 9.67. The number of carbonyl (C=O) groups is 1. The zero-order valence-electron chi connectivity index (χ0n) is 22.5. The second-order valence-electron chi connectivity index (χ2n) is 10.0. The predicted molar refractivity (Wildman–Crippen MR) is 143 cm³/mol. The van der Waals surface area contributed by atoms with E-state index in [1.165, 1.54) is 12.1 Å². The molecule has 0 saturated heterocycles. The summed E-state index contributed by atoms with van der Waals surface area (Å²) < 4.78 is 39.4. The van der Waals surface area contributed by atoms with E-state index in [-0.39, 0.29) is 29.9 Å². The second-order valence-corrected chi connectivity index (χ2v) is 11.8. The van der Waals surface area contributed by atoms with E-state index >= 15 is 0 Å². The maximum Gasteiger partial charge on any atom is 0.424 e. The van der Waals surface area contributed by atoms with Crippen LogP contribution in [-0.4, -0.2) is 59.6 Å². The number of hydrogen-bond donors (Lipinski definition) is 1. The summed E-state index contributed by atoms with van der Waals surface area (Å²) in [5.74, 6) is 1.02. The molecule has 2 heterocycles. The molecular weight excluding hydrogens is 492 g/mol. The van der Waals surface area contributed by atoms with Crippen molar-refractivity contribution < 1.29 is 22.7 Å². The maximum absolute atomic E-state index is 13.8. The summed E-state index contributed by atoms with van der Waals surface area (Å²) in [6.45, 7) is 12.1. The monoisotopic (exact) mass is 530 g/mol. The zero-order valence-corrected chi connectivity index (χ0v) is 23.3. The number of imidazole rings is 1. The quantitative estimate of drug-likeness (QED) is 0.347. The Morgan fingerprint density at radius 2 is 1.76 bits per heavy atom. The Hall–Kier alpha value is -2.98. The summed E-state index contributed by atoms with van der Waals surface area (Å²) in [5.41, 5.74) is 3.40. The SMILES string of the molecule is CCOC[C@H](CC(C)C)N(C(=O)OCC(C)C)S(=O)(=O)c1ccc(Cc2nccc3nc(C)[nH]c23)cc1. The van der Waals surface area contributed by atoms with Crippen molar-refractivity contribution in [3.8, 4) is 0 Å². The van der Waals surface area contributed by atoms with E-state index in [4.69, 9.17) is 9.47 Å². The van der Waals surface area contributed by atoms with Crippen molar-refractivity contribution in [1.82, 2.24) is 19.3 Å². The van der Waals surface area contributed by atoms with Crippen molar-refractivity contribution in [3.05, 3.63) is 53.6 Å². The summed E-state index contributed by atoms with van der Waals surface area (Å²) in [4.78, 5) is 25.3. The van der Waals surface area contributed by atoms with Gasteiger partial charge >= 0.3 is 6.09 Å². The molecule has 0 radical (unpaired) electrons. The Balaban J connectivity index is 1.92. The van der Waals surface area contributed by atoms with E-state index in [2.05, 4.69) is 15.0 Å². The summed E-state index contributed by atoms with van der Waals surface area (Å²) in [7, 11) is -4.20. The number of nitrogens with zero attached hydrogens (tertiary/aromatic N) is 3. The number of hydrogen-bond acceptors (Lipinski definition) is 7. The number of pyridine rings is 1. The topological polar surface area (TPSA) is 114 Å². The van der Waals surface area contributed by atoms with Gasteiger partial charge in [-0.25, -0.2) is 18.2 Å². The molecular formula is C27H38N4O5S. The van der Waals surface area contributed by atoms with Gasteiger partial charge in [-0.3, -0.25) is 4.98 Å². The molecule has 0 fully saturated rings. The number of sulfonamides is 1. The van der Waals surface area contributed by atoms with Gasteiger partial charge < -0.3 is 14.5 Å². The van der Waals surface area contributed by atoms with Gasteiger partial charge in [0.15, 0.2) is 0 Å². The summed E-state index contributed by atoms with van der Waals surface area (Å²) in [5, 5.41) is 0. The first-order chi connectivity index (χ1) is 17.5. The third-order valence-electron chi connectivity index (χ3n) is 5.76. The Labute approximate surface area is 219 Å². The van der Waals surface area contributed by atoms with Crippen molar-refractivity contribution in [2.24, 2.45) is 11.8 Å². The highest BCUT2D eigenvalue weighted by Gasteiger charge is 2.37. The molecule has 0 bridgehead atoms. The lowest BCUT2D eigenvalue weighted by molar-refractivity contribution is 0.0658. The van der Waals surface area contributed by atoms with Crippen LogP contribution in [0.3, 0.4) is 0 Å². The first-order valence-electron chi connectivity index (χ1n) is 12.7. The van der Waals surface area contributed by atoms with E-state index < -0.39 is 22.2 Å². The van der Waals surface area contributed by atoms with E-state index in [1.807, 2.05) is 47.6 Å². The number of nitrogens with one attached hydrogen (secondary N) is 1. The van der Waals surface area contributed by atoms with Crippen molar-refractivity contribution in [2.75, 3.05) is 19.8 Å². The fourth-order valence-electron chi connectivity index (χ4n) is 4.11. The molecule has 1 amide bonds. The number of benzene rings is 1. The maximum atomic E-state index is 13.8. The first-order valence-corrected chi connectivity index (χ1v) is 14.1. The number of carbonyl (C=O) groups excluding carboxylic acids is 1. The molecule has 37 heavy (non-hydrogen) atoms. The summed E-state index contributed by atoms with van der Waals surface area (Å²) >= 11 is 0. The predicted octanol–water partition coefficient (Wildman–Crippen LogP) is 5.09. The van der Waals surface area contributed by atoms with Crippen molar-refractivity contribution >= 4 is 27.1 Å². The number of aromatic nitrogens is 3. The second kappa shape index (κ2) is 12.5. The molecule has 202 valence electrons. The van der Waals surface area contributed by atoms with Crippen molar-refractivity contribution in [3.63, 3.8) is 0 Å². The van der Waals surface area contributed by atoms with Crippen LogP contribution >= 0.6 is 0 Å². The van der Waals surface area contributed by atoms with Gasteiger partial charge in [0, 0.05) is 19.2 Å².